The van der Waals surface area contributed by atoms with Gasteiger partial charge < -0.3 is 5.32 Å². The SMILES string of the molecule is CCCNC(CCC(C)C)Cc1cc(Cl)ccc1F. The zero-order valence-corrected chi connectivity index (χ0v) is 12.9. The maximum atomic E-state index is 13.8. The van der Waals surface area contributed by atoms with Gasteiger partial charge in [-0.1, -0.05) is 32.4 Å². The minimum absolute atomic E-state index is 0.155. The van der Waals surface area contributed by atoms with Crippen molar-refractivity contribution in [3.8, 4) is 0 Å². The Labute approximate surface area is 121 Å². The Bertz CT molecular complexity index is 379. The number of hydrogen-bond acceptors (Lipinski definition) is 1. The van der Waals surface area contributed by atoms with Gasteiger partial charge in [0.15, 0.2) is 0 Å². The van der Waals surface area contributed by atoms with E-state index < -0.39 is 0 Å². The van der Waals surface area contributed by atoms with Gasteiger partial charge in [-0.05, 0) is 61.9 Å². The topological polar surface area (TPSA) is 12.0 Å². The van der Waals surface area contributed by atoms with E-state index >= 15 is 0 Å². The van der Waals surface area contributed by atoms with Crippen molar-refractivity contribution in [3.63, 3.8) is 0 Å². The molecule has 3 heteroatoms. The molecule has 108 valence electrons. The molecule has 1 aromatic carbocycles. The summed E-state index contributed by atoms with van der Waals surface area (Å²) in [4.78, 5) is 0. The largest absolute Gasteiger partial charge is 0.314 e. The lowest BCUT2D eigenvalue weighted by molar-refractivity contribution is 0.422. The number of hydrogen-bond donors (Lipinski definition) is 1. The number of benzene rings is 1. The number of rotatable bonds is 8. The van der Waals surface area contributed by atoms with Crippen LogP contribution in [0.2, 0.25) is 5.02 Å². The monoisotopic (exact) mass is 285 g/mol. The molecule has 1 aromatic rings. The fourth-order valence-corrected chi connectivity index (χ4v) is 2.32. The average molecular weight is 286 g/mol. The van der Waals surface area contributed by atoms with Gasteiger partial charge >= 0.3 is 0 Å². The van der Waals surface area contributed by atoms with E-state index in [1.54, 1.807) is 12.1 Å². The second kappa shape index (κ2) is 8.55. The molecule has 0 aliphatic heterocycles. The van der Waals surface area contributed by atoms with Crippen molar-refractivity contribution in [2.45, 2.75) is 52.5 Å². The van der Waals surface area contributed by atoms with E-state index in [0.717, 1.165) is 25.8 Å². The minimum atomic E-state index is -0.155. The van der Waals surface area contributed by atoms with Gasteiger partial charge in [-0.15, -0.1) is 0 Å². The second-order valence-corrected chi connectivity index (χ2v) is 6.00. The zero-order chi connectivity index (χ0) is 14.3. The van der Waals surface area contributed by atoms with E-state index in [-0.39, 0.29) is 5.82 Å². The first kappa shape index (κ1) is 16.5. The van der Waals surface area contributed by atoms with E-state index in [9.17, 15) is 4.39 Å². The van der Waals surface area contributed by atoms with E-state index in [0.29, 0.717) is 29.0 Å². The molecule has 0 radical (unpaired) electrons. The Kier molecular flexibility index (Phi) is 7.40. The summed E-state index contributed by atoms with van der Waals surface area (Å²) in [5, 5.41) is 4.12. The molecule has 0 aliphatic rings. The lowest BCUT2D eigenvalue weighted by Gasteiger charge is -2.20. The molecule has 0 fully saturated rings. The first-order chi connectivity index (χ1) is 9.02. The highest BCUT2D eigenvalue weighted by Crippen LogP contribution is 2.18. The van der Waals surface area contributed by atoms with Gasteiger partial charge in [0.2, 0.25) is 0 Å². The molecule has 0 saturated heterocycles. The Morgan fingerprint density at radius 1 is 1.26 bits per heavy atom. The lowest BCUT2D eigenvalue weighted by Crippen LogP contribution is -2.32. The Balaban J connectivity index is 2.66. The summed E-state index contributed by atoms with van der Waals surface area (Å²) in [6.07, 6.45) is 4.03. The summed E-state index contributed by atoms with van der Waals surface area (Å²) >= 11 is 5.95. The predicted octanol–water partition coefficient (Wildman–Crippen LogP) is 4.83. The summed E-state index contributed by atoms with van der Waals surface area (Å²) in [7, 11) is 0. The van der Waals surface area contributed by atoms with Crippen LogP contribution in [0.4, 0.5) is 4.39 Å². The van der Waals surface area contributed by atoms with Crippen molar-refractivity contribution in [2.75, 3.05) is 6.54 Å². The van der Waals surface area contributed by atoms with Gasteiger partial charge in [0.05, 0.1) is 0 Å². The molecule has 0 aliphatic carbocycles. The van der Waals surface area contributed by atoms with Gasteiger partial charge in [0, 0.05) is 11.1 Å². The molecular formula is C16H25ClFN. The van der Waals surface area contributed by atoms with Crippen molar-refractivity contribution in [1.82, 2.24) is 5.32 Å². The molecule has 1 atom stereocenters. The standard InChI is InChI=1S/C16H25ClFN/c1-4-9-19-15(7-5-12(2)3)11-13-10-14(17)6-8-16(13)18/h6,8,10,12,15,19H,4-5,7,9,11H2,1-3H3. The molecule has 0 aromatic heterocycles. The van der Waals surface area contributed by atoms with Crippen LogP contribution in [0.5, 0.6) is 0 Å². The number of halogens is 2. The lowest BCUT2D eigenvalue weighted by atomic mass is 9.97. The van der Waals surface area contributed by atoms with Gasteiger partial charge in [0.1, 0.15) is 5.82 Å². The first-order valence-corrected chi connectivity index (χ1v) is 7.58. The highest BCUT2D eigenvalue weighted by Gasteiger charge is 2.13. The summed E-state index contributed by atoms with van der Waals surface area (Å²) < 4.78 is 13.8. The molecule has 19 heavy (non-hydrogen) atoms. The normalized spacial score (nSPS) is 12.9. The zero-order valence-electron chi connectivity index (χ0n) is 12.2. The maximum Gasteiger partial charge on any atom is 0.126 e. The van der Waals surface area contributed by atoms with Gasteiger partial charge in [0.25, 0.3) is 0 Å². The first-order valence-electron chi connectivity index (χ1n) is 7.20. The minimum Gasteiger partial charge on any atom is -0.314 e. The van der Waals surface area contributed by atoms with Crippen LogP contribution in [0.25, 0.3) is 0 Å². The van der Waals surface area contributed by atoms with E-state index in [4.69, 9.17) is 11.6 Å². The molecule has 1 nitrogen and oxygen atoms in total. The third-order valence-corrected chi connectivity index (χ3v) is 3.48. The molecule has 0 heterocycles. The van der Waals surface area contributed by atoms with Crippen molar-refractivity contribution in [3.05, 3.63) is 34.6 Å². The summed E-state index contributed by atoms with van der Waals surface area (Å²) in [6.45, 7) is 7.56. The molecule has 0 bridgehead atoms. The van der Waals surface area contributed by atoms with Gasteiger partial charge in [-0.25, -0.2) is 4.39 Å². The maximum absolute atomic E-state index is 13.8. The van der Waals surface area contributed by atoms with Crippen LogP contribution in [0.3, 0.4) is 0 Å². The summed E-state index contributed by atoms with van der Waals surface area (Å²) in [5.41, 5.74) is 0.713. The quantitative estimate of drug-likeness (QED) is 0.722. The molecular weight excluding hydrogens is 261 g/mol. The van der Waals surface area contributed by atoms with Crippen LogP contribution in [-0.2, 0) is 6.42 Å². The van der Waals surface area contributed by atoms with Crippen LogP contribution < -0.4 is 5.32 Å². The third kappa shape index (κ3) is 6.40. The highest BCUT2D eigenvalue weighted by atomic mass is 35.5. The van der Waals surface area contributed by atoms with Crippen LogP contribution in [0.1, 0.15) is 45.6 Å². The van der Waals surface area contributed by atoms with Crippen molar-refractivity contribution >= 4 is 11.6 Å². The predicted molar refractivity (Wildman–Crippen MR) is 81.3 cm³/mol. The second-order valence-electron chi connectivity index (χ2n) is 5.56. The molecule has 1 N–H and O–H groups in total. The number of nitrogens with one attached hydrogen (secondary N) is 1. The molecule has 0 spiro atoms. The fraction of sp³-hybridized carbons (Fsp3) is 0.625. The van der Waals surface area contributed by atoms with Crippen molar-refractivity contribution in [2.24, 2.45) is 5.92 Å². The molecule has 1 rings (SSSR count). The van der Waals surface area contributed by atoms with Crippen LogP contribution in [0.15, 0.2) is 18.2 Å². The van der Waals surface area contributed by atoms with E-state index in [1.165, 1.54) is 6.07 Å². The van der Waals surface area contributed by atoms with Gasteiger partial charge in [-0.3, -0.25) is 0 Å². The summed E-state index contributed by atoms with van der Waals surface area (Å²) in [5.74, 6) is 0.521. The Morgan fingerprint density at radius 3 is 2.63 bits per heavy atom. The highest BCUT2D eigenvalue weighted by molar-refractivity contribution is 6.30. The van der Waals surface area contributed by atoms with E-state index in [2.05, 4.69) is 26.1 Å². The van der Waals surface area contributed by atoms with Crippen molar-refractivity contribution in [1.29, 1.82) is 0 Å². The third-order valence-electron chi connectivity index (χ3n) is 3.25. The average Bonchev–Trinajstić information content (AvgIpc) is 2.36. The Morgan fingerprint density at radius 2 is 2.00 bits per heavy atom. The summed E-state index contributed by atoms with van der Waals surface area (Å²) in [6, 6.07) is 5.13. The van der Waals surface area contributed by atoms with Crippen LogP contribution in [0, 0.1) is 11.7 Å². The molecule has 0 amide bonds. The Hall–Kier alpha value is -0.600. The van der Waals surface area contributed by atoms with Crippen LogP contribution >= 0.6 is 11.6 Å². The molecule has 0 saturated carbocycles. The van der Waals surface area contributed by atoms with Gasteiger partial charge in [-0.2, -0.15) is 0 Å². The molecule has 1 unspecified atom stereocenters. The van der Waals surface area contributed by atoms with Crippen LogP contribution in [-0.4, -0.2) is 12.6 Å². The fourth-order valence-electron chi connectivity index (χ4n) is 2.12. The smallest absolute Gasteiger partial charge is 0.126 e. The van der Waals surface area contributed by atoms with Crippen molar-refractivity contribution < 1.29 is 4.39 Å². The van der Waals surface area contributed by atoms with E-state index in [1.807, 2.05) is 0 Å².